The molecule has 7 nitrogen and oxygen atoms in total. The zero-order valence-corrected chi connectivity index (χ0v) is 13.9. The van der Waals surface area contributed by atoms with Crippen molar-refractivity contribution in [3.05, 3.63) is 70.3 Å². The van der Waals surface area contributed by atoms with E-state index in [-0.39, 0.29) is 17.9 Å². The fourth-order valence-electron chi connectivity index (χ4n) is 2.81. The number of para-hydroxylation sites is 1. The van der Waals surface area contributed by atoms with Crippen LogP contribution in [0.3, 0.4) is 0 Å². The Morgan fingerprint density at radius 1 is 1.11 bits per heavy atom. The Morgan fingerprint density at radius 3 is 2.70 bits per heavy atom. The van der Waals surface area contributed by atoms with Crippen LogP contribution in [0, 0.1) is 5.82 Å². The van der Waals surface area contributed by atoms with Crippen molar-refractivity contribution in [1.82, 2.24) is 0 Å². The maximum absolute atomic E-state index is 14.1. The Balaban J connectivity index is 1.66. The van der Waals surface area contributed by atoms with Gasteiger partial charge in [-0.2, -0.15) is 0 Å². The van der Waals surface area contributed by atoms with Crippen molar-refractivity contribution in [2.45, 2.75) is 0 Å². The van der Waals surface area contributed by atoms with Crippen LogP contribution in [0.2, 0.25) is 0 Å². The number of amides is 2. The second-order valence-electron chi connectivity index (χ2n) is 5.87. The highest BCUT2D eigenvalue weighted by Gasteiger charge is 2.25. The molecular weight excluding hydrogens is 355 g/mol. The molecular formula is C19H13FN2O5. The first kappa shape index (κ1) is 16.8. The van der Waals surface area contributed by atoms with Crippen LogP contribution >= 0.6 is 0 Å². The molecule has 2 heterocycles. The van der Waals surface area contributed by atoms with Gasteiger partial charge >= 0.3 is 11.7 Å². The number of ether oxygens (including phenoxy) is 1. The largest absolute Gasteiger partial charge is 0.447 e. The Morgan fingerprint density at radius 2 is 1.93 bits per heavy atom. The van der Waals surface area contributed by atoms with E-state index in [2.05, 4.69) is 5.32 Å². The van der Waals surface area contributed by atoms with E-state index in [1.54, 1.807) is 24.3 Å². The zero-order chi connectivity index (χ0) is 19.0. The van der Waals surface area contributed by atoms with Crippen molar-refractivity contribution in [1.29, 1.82) is 0 Å². The number of hydrogen-bond acceptors (Lipinski definition) is 5. The number of cyclic esters (lactones) is 1. The third-order valence-corrected chi connectivity index (χ3v) is 4.16. The summed E-state index contributed by atoms with van der Waals surface area (Å²) in [5, 5.41) is 2.92. The van der Waals surface area contributed by atoms with Crippen LogP contribution in [0.15, 0.2) is 57.7 Å². The van der Waals surface area contributed by atoms with Crippen LogP contribution < -0.4 is 15.8 Å². The van der Waals surface area contributed by atoms with Gasteiger partial charge in [0.05, 0.1) is 12.2 Å². The molecule has 27 heavy (non-hydrogen) atoms. The summed E-state index contributed by atoms with van der Waals surface area (Å²) in [5.74, 6) is -1.51. The molecule has 0 bridgehead atoms. The van der Waals surface area contributed by atoms with E-state index in [0.29, 0.717) is 23.2 Å². The first-order chi connectivity index (χ1) is 13.0. The molecule has 8 heteroatoms. The smallest absolute Gasteiger partial charge is 0.414 e. The third kappa shape index (κ3) is 3.12. The predicted molar refractivity (Wildman–Crippen MR) is 95.5 cm³/mol. The van der Waals surface area contributed by atoms with Crippen molar-refractivity contribution >= 4 is 34.3 Å². The van der Waals surface area contributed by atoms with Gasteiger partial charge in [-0.15, -0.1) is 0 Å². The molecule has 1 saturated heterocycles. The molecule has 1 aromatic heterocycles. The number of halogens is 1. The molecule has 0 spiro atoms. The summed E-state index contributed by atoms with van der Waals surface area (Å²) < 4.78 is 24.1. The minimum absolute atomic E-state index is 0.162. The van der Waals surface area contributed by atoms with Crippen LogP contribution in [-0.4, -0.2) is 25.2 Å². The molecule has 0 unspecified atom stereocenters. The summed E-state index contributed by atoms with van der Waals surface area (Å²) in [5.41, 5.74) is -0.519. The minimum atomic E-state index is -0.828. The van der Waals surface area contributed by atoms with E-state index in [4.69, 9.17) is 9.15 Å². The summed E-state index contributed by atoms with van der Waals surface area (Å²) in [6.45, 7) is 0.558. The summed E-state index contributed by atoms with van der Waals surface area (Å²) >= 11 is 0. The monoisotopic (exact) mass is 368 g/mol. The van der Waals surface area contributed by atoms with Crippen molar-refractivity contribution in [3.8, 4) is 0 Å². The maximum Gasteiger partial charge on any atom is 0.414 e. The second-order valence-corrected chi connectivity index (χ2v) is 5.87. The average molecular weight is 368 g/mol. The molecule has 1 fully saturated rings. The van der Waals surface area contributed by atoms with E-state index in [0.717, 1.165) is 6.07 Å². The van der Waals surface area contributed by atoms with Crippen molar-refractivity contribution in [3.63, 3.8) is 0 Å². The molecule has 136 valence electrons. The standard InChI is InChI=1S/C19H13FN2O5/c20-14-6-5-12(22-7-8-26-19(22)25)10-15(14)21-17(23)13-9-11-3-1-2-4-16(11)27-18(13)24/h1-6,9-10H,7-8H2,(H,21,23). The molecule has 2 aromatic carbocycles. The number of anilines is 2. The van der Waals surface area contributed by atoms with E-state index in [1.807, 2.05) is 0 Å². The Hall–Kier alpha value is -3.68. The van der Waals surface area contributed by atoms with Gasteiger partial charge in [0.25, 0.3) is 5.91 Å². The Bertz CT molecular complexity index is 1120. The lowest BCUT2D eigenvalue weighted by Crippen LogP contribution is -2.24. The lowest BCUT2D eigenvalue weighted by molar-refractivity contribution is 0.102. The molecule has 2 amide bonds. The number of benzene rings is 2. The van der Waals surface area contributed by atoms with Crippen LogP contribution in [0.4, 0.5) is 20.6 Å². The predicted octanol–water partition coefficient (Wildman–Crippen LogP) is 3.14. The van der Waals surface area contributed by atoms with E-state index >= 15 is 0 Å². The van der Waals surface area contributed by atoms with Gasteiger partial charge in [-0.25, -0.2) is 14.0 Å². The molecule has 4 rings (SSSR count). The van der Waals surface area contributed by atoms with Gasteiger partial charge in [-0.3, -0.25) is 9.69 Å². The van der Waals surface area contributed by atoms with E-state index in [9.17, 15) is 18.8 Å². The topological polar surface area (TPSA) is 88.8 Å². The van der Waals surface area contributed by atoms with Crippen LogP contribution in [0.5, 0.6) is 0 Å². The van der Waals surface area contributed by atoms with E-state index < -0.39 is 23.4 Å². The molecule has 0 saturated carbocycles. The van der Waals surface area contributed by atoms with Gasteiger partial charge in [-0.05, 0) is 30.3 Å². The lowest BCUT2D eigenvalue weighted by Gasteiger charge is -2.14. The fourth-order valence-corrected chi connectivity index (χ4v) is 2.81. The van der Waals surface area contributed by atoms with Crippen LogP contribution in [-0.2, 0) is 4.74 Å². The third-order valence-electron chi connectivity index (χ3n) is 4.16. The number of carbonyl (C=O) groups is 2. The quantitative estimate of drug-likeness (QED) is 0.718. The number of nitrogens with one attached hydrogen (secondary N) is 1. The minimum Gasteiger partial charge on any atom is -0.447 e. The molecule has 1 aliphatic rings. The summed E-state index contributed by atoms with van der Waals surface area (Å²) in [6, 6.07) is 12.0. The first-order valence-corrected chi connectivity index (χ1v) is 8.11. The van der Waals surface area contributed by atoms with Crippen molar-refractivity contribution in [2.75, 3.05) is 23.4 Å². The maximum atomic E-state index is 14.1. The van der Waals surface area contributed by atoms with Gasteiger partial charge in [0.15, 0.2) is 0 Å². The number of nitrogens with zero attached hydrogens (tertiary/aromatic N) is 1. The van der Waals surface area contributed by atoms with Crippen LogP contribution in [0.1, 0.15) is 10.4 Å². The van der Waals surface area contributed by atoms with Gasteiger partial charge in [0.1, 0.15) is 23.6 Å². The Kier molecular flexibility index (Phi) is 4.08. The van der Waals surface area contributed by atoms with Gasteiger partial charge in [-0.1, -0.05) is 18.2 Å². The van der Waals surface area contributed by atoms with Gasteiger partial charge in [0, 0.05) is 11.1 Å². The van der Waals surface area contributed by atoms with Gasteiger partial charge in [0.2, 0.25) is 0 Å². The number of rotatable bonds is 3. The molecule has 3 aromatic rings. The Labute approximate surface area is 152 Å². The molecule has 0 aliphatic carbocycles. The molecule has 0 atom stereocenters. The SMILES string of the molecule is O=C(Nc1cc(N2CCOC2=O)ccc1F)c1cc2ccccc2oc1=O. The first-order valence-electron chi connectivity index (χ1n) is 8.11. The highest BCUT2D eigenvalue weighted by molar-refractivity contribution is 6.05. The van der Waals surface area contributed by atoms with Crippen molar-refractivity contribution in [2.24, 2.45) is 0 Å². The average Bonchev–Trinajstić information content (AvgIpc) is 3.09. The van der Waals surface area contributed by atoms with Crippen molar-refractivity contribution < 1.29 is 23.1 Å². The number of carbonyl (C=O) groups excluding carboxylic acids is 2. The summed E-state index contributed by atoms with van der Waals surface area (Å²) in [7, 11) is 0. The summed E-state index contributed by atoms with van der Waals surface area (Å²) in [6.07, 6.45) is -0.547. The highest BCUT2D eigenvalue weighted by atomic mass is 19.1. The molecule has 0 radical (unpaired) electrons. The highest BCUT2D eigenvalue weighted by Crippen LogP contribution is 2.25. The van der Waals surface area contributed by atoms with Crippen LogP contribution in [0.25, 0.3) is 11.0 Å². The molecule has 1 aliphatic heterocycles. The number of hydrogen-bond donors (Lipinski definition) is 1. The number of fused-ring (bicyclic) bond motifs is 1. The summed E-state index contributed by atoms with van der Waals surface area (Å²) in [4.78, 5) is 37.5. The van der Waals surface area contributed by atoms with Gasteiger partial charge < -0.3 is 14.5 Å². The zero-order valence-electron chi connectivity index (χ0n) is 13.9. The second kappa shape index (κ2) is 6.56. The van der Waals surface area contributed by atoms with E-state index in [1.165, 1.54) is 23.1 Å². The molecule has 1 N–H and O–H groups in total. The normalized spacial score (nSPS) is 13.7. The fraction of sp³-hybridized carbons (Fsp3) is 0.105. The lowest BCUT2D eigenvalue weighted by atomic mass is 10.1.